The Balaban J connectivity index is 1.63. The number of nitrogens with one attached hydrogen (secondary N) is 1. The molecular formula is C28H28F3NO5. The van der Waals surface area contributed by atoms with Crippen LogP contribution in [0.4, 0.5) is 13.2 Å². The monoisotopic (exact) mass is 515 g/mol. The molecule has 0 aliphatic rings. The largest absolute Gasteiger partial charge is 0.478 e. The Morgan fingerprint density at radius 1 is 0.973 bits per heavy atom. The summed E-state index contributed by atoms with van der Waals surface area (Å²) in [6.07, 6.45) is -4.02. The molecule has 9 heteroatoms. The molecule has 0 aromatic heterocycles. The van der Waals surface area contributed by atoms with Crippen molar-refractivity contribution in [2.75, 3.05) is 0 Å². The molecule has 0 bridgehead atoms. The predicted octanol–water partition coefficient (Wildman–Crippen LogP) is 6.41. The van der Waals surface area contributed by atoms with Gasteiger partial charge in [0.2, 0.25) is 0 Å². The summed E-state index contributed by atoms with van der Waals surface area (Å²) in [5.74, 6) is -0.125. The van der Waals surface area contributed by atoms with Crippen molar-refractivity contribution in [1.29, 1.82) is 0 Å². The summed E-state index contributed by atoms with van der Waals surface area (Å²) in [6, 6.07) is 16.1. The van der Waals surface area contributed by atoms with E-state index in [2.05, 4.69) is 5.32 Å². The highest BCUT2D eigenvalue weighted by molar-refractivity contribution is 5.94. The number of carbonyl (C=O) groups excluding carboxylic acids is 1. The number of carbonyl (C=O) groups is 2. The van der Waals surface area contributed by atoms with Gasteiger partial charge in [-0.1, -0.05) is 18.2 Å². The van der Waals surface area contributed by atoms with E-state index in [1.807, 2.05) is 0 Å². The Labute approximate surface area is 213 Å². The molecule has 0 spiro atoms. The number of hydrogen-bond acceptors (Lipinski definition) is 4. The minimum Gasteiger partial charge on any atom is -0.478 e. The topological polar surface area (TPSA) is 84.9 Å². The Morgan fingerprint density at radius 2 is 1.62 bits per heavy atom. The minimum absolute atomic E-state index is 0.320. The number of aryl methyl sites for hydroxylation is 1. The van der Waals surface area contributed by atoms with Gasteiger partial charge in [-0.05, 0) is 93.8 Å². The number of carboxylic acids is 1. The molecule has 0 aliphatic carbocycles. The summed E-state index contributed by atoms with van der Waals surface area (Å²) in [7, 11) is 0. The van der Waals surface area contributed by atoms with Crippen LogP contribution in [0.3, 0.4) is 0 Å². The van der Waals surface area contributed by atoms with Crippen molar-refractivity contribution in [2.24, 2.45) is 0 Å². The van der Waals surface area contributed by atoms with Crippen LogP contribution in [0.15, 0.2) is 66.7 Å². The number of hydrogen-bond donors (Lipinski definition) is 2. The molecule has 37 heavy (non-hydrogen) atoms. The first-order valence-corrected chi connectivity index (χ1v) is 11.5. The molecule has 2 N–H and O–H groups in total. The van der Waals surface area contributed by atoms with Crippen molar-refractivity contribution >= 4 is 11.9 Å². The van der Waals surface area contributed by atoms with E-state index in [1.54, 1.807) is 56.3 Å². The van der Waals surface area contributed by atoms with Crippen LogP contribution >= 0.6 is 0 Å². The summed E-state index contributed by atoms with van der Waals surface area (Å²) in [6.45, 7) is 6.45. The molecule has 3 rings (SSSR count). The molecule has 0 radical (unpaired) electrons. The minimum atomic E-state index is -4.39. The lowest BCUT2D eigenvalue weighted by atomic mass is 10.0. The normalized spacial score (nSPS) is 12.5. The second-order valence-electron chi connectivity index (χ2n) is 9.25. The van der Waals surface area contributed by atoms with Crippen LogP contribution in [-0.2, 0) is 17.4 Å². The van der Waals surface area contributed by atoms with E-state index < -0.39 is 23.3 Å². The third kappa shape index (κ3) is 7.49. The van der Waals surface area contributed by atoms with E-state index in [4.69, 9.17) is 9.47 Å². The number of amides is 1. The maximum absolute atomic E-state index is 12.7. The van der Waals surface area contributed by atoms with E-state index in [9.17, 15) is 27.9 Å². The van der Waals surface area contributed by atoms with Gasteiger partial charge in [0.1, 0.15) is 17.2 Å². The standard InChI is InChI=1S/C28H28F3NO5/c1-17-14-23(12-13-24(17)37-27(3,4)26(34)35)36-22-7-5-6-20(16-22)25(33)32-18(2)15-19-8-10-21(11-9-19)28(29,30)31/h5-14,16,18H,15H2,1-4H3,(H,32,33)(H,34,35). The van der Waals surface area contributed by atoms with Crippen LogP contribution in [0.1, 0.15) is 47.8 Å². The van der Waals surface area contributed by atoms with Crippen LogP contribution in [0, 0.1) is 6.92 Å². The van der Waals surface area contributed by atoms with Crippen molar-refractivity contribution < 1.29 is 37.3 Å². The number of rotatable bonds is 9. The van der Waals surface area contributed by atoms with E-state index in [0.29, 0.717) is 40.4 Å². The van der Waals surface area contributed by atoms with Crippen molar-refractivity contribution in [2.45, 2.75) is 51.9 Å². The lowest BCUT2D eigenvalue weighted by molar-refractivity contribution is -0.152. The first-order chi connectivity index (χ1) is 17.2. The smallest absolute Gasteiger partial charge is 0.416 e. The van der Waals surface area contributed by atoms with Crippen LogP contribution in [0.25, 0.3) is 0 Å². The van der Waals surface area contributed by atoms with Crippen LogP contribution in [0.2, 0.25) is 0 Å². The fourth-order valence-electron chi connectivity index (χ4n) is 3.50. The average Bonchev–Trinajstić information content (AvgIpc) is 2.80. The summed E-state index contributed by atoms with van der Waals surface area (Å²) in [5, 5.41) is 12.1. The zero-order valence-corrected chi connectivity index (χ0v) is 20.8. The molecule has 1 unspecified atom stereocenters. The molecule has 196 valence electrons. The van der Waals surface area contributed by atoms with Gasteiger partial charge in [0.05, 0.1) is 5.56 Å². The van der Waals surface area contributed by atoms with Crippen LogP contribution in [0.5, 0.6) is 17.2 Å². The van der Waals surface area contributed by atoms with Gasteiger partial charge in [0.25, 0.3) is 5.91 Å². The maximum Gasteiger partial charge on any atom is 0.416 e. The van der Waals surface area contributed by atoms with Gasteiger partial charge in [-0.15, -0.1) is 0 Å². The molecule has 1 amide bonds. The molecule has 0 heterocycles. The van der Waals surface area contributed by atoms with E-state index in [0.717, 1.165) is 12.1 Å². The number of benzene rings is 3. The number of aliphatic carboxylic acids is 1. The molecule has 0 fully saturated rings. The first kappa shape index (κ1) is 27.6. The third-order valence-electron chi connectivity index (χ3n) is 5.56. The summed E-state index contributed by atoms with van der Waals surface area (Å²) in [4.78, 5) is 24.1. The van der Waals surface area contributed by atoms with E-state index >= 15 is 0 Å². The summed E-state index contributed by atoms with van der Waals surface area (Å²) >= 11 is 0. The quantitative estimate of drug-likeness (QED) is 0.344. The number of alkyl halides is 3. The fraction of sp³-hybridized carbons (Fsp3) is 0.286. The Morgan fingerprint density at radius 3 is 2.22 bits per heavy atom. The van der Waals surface area contributed by atoms with Crippen molar-refractivity contribution in [3.05, 3.63) is 89.0 Å². The second-order valence-corrected chi connectivity index (χ2v) is 9.25. The van der Waals surface area contributed by atoms with E-state index in [-0.39, 0.29) is 11.9 Å². The van der Waals surface area contributed by atoms with Crippen molar-refractivity contribution in [3.63, 3.8) is 0 Å². The number of carboxylic acid groups (broad SMARTS) is 1. The lowest BCUT2D eigenvalue weighted by Gasteiger charge is -2.23. The maximum atomic E-state index is 12.7. The molecule has 6 nitrogen and oxygen atoms in total. The Bertz CT molecular complexity index is 1270. The number of ether oxygens (including phenoxy) is 2. The molecule has 1 atom stereocenters. The third-order valence-corrected chi connectivity index (χ3v) is 5.56. The molecule has 0 saturated heterocycles. The first-order valence-electron chi connectivity index (χ1n) is 11.5. The van der Waals surface area contributed by atoms with Gasteiger partial charge in [0, 0.05) is 11.6 Å². The highest BCUT2D eigenvalue weighted by Crippen LogP contribution is 2.31. The van der Waals surface area contributed by atoms with Gasteiger partial charge in [0.15, 0.2) is 5.60 Å². The van der Waals surface area contributed by atoms with Gasteiger partial charge in [-0.2, -0.15) is 13.2 Å². The SMILES string of the molecule is Cc1cc(Oc2cccc(C(=O)NC(C)Cc3ccc(C(F)(F)F)cc3)c2)ccc1OC(C)(C)C(=O)O. The Kier molecular flexibility index (Phi) is 8.15. The highest BCUT2D eigenvalue weighted by atomic mass is 19.4. The summed E-state index contributed by atoms with van der Waals surface area (Å²) in [5.41, 5.74) is -0.397. The lowest BCUT2D eigenvalue weighted by Crippen LogP contribution is -2.38. The van der Waals surface area contributed by atoms with Crippen molar-refractivity contribution in [3.8, 4) is 17.2 Å². The van der Waals surface area contributed by atoms with Crippen LogP contribution < -0.4 is 14.8 Å². The predicted molar refractivity (Wildman–Crippen MR) is 132 cm³/mol. The number of halogens is 3. The van der Waals surface area contributed by atoms with Gasteiger partial charge in [-0.25, -0.2) is 4.79 Å². The second kappa shape index (κ2) is 10.9. The van der Waals surface area contributed by atoms with Crippen molar-refractivity contribution in [1.82, 2.24) is 5.32 Å². The molecule has 3 aromatic rings. The van der Waals surface area contributed by atoms with Gasteiger partial charge in [-0.3, -0.25) is 4.79 Å². The Hall–Kier alpha value is -4.01. The summed E-state index contributed by atoms with van der Waals surface area (Å²) < 4.78 is 49.7. The zero-order chi connectivity index (χ0) is 27.4. The zero-order valence-electron chi connectivity index (χ0n) is 20.8. The van der Waals surface area contributed by atoms with E-state index in [1.165, 1.54) is 26.0 Å². The van der Waals surface area contributed by atoms with Crippen LogP contribution in [-0.4, -0.2) is 28.6 Å². The van der Waals surface area contributed by atoms with Gasteiger partial charge < -0.3 is 19.9 Å². The van der Waals surface area contributed by atoms with Gasteiger partial charge >= 0.3 is 12.1 Å². The highest BCUT2D eigenvalue weighted by Gasteiger charge is 2.30. The fourth-order valence-corrected chi connectivity index (χ4v) is 3.50. The molecule has 0 aliphatic heterocycles. The molecular weight excluding hydrogens is 487 g/mol. The molecule has 3 aromatic carbocycles. The molecule has 0 saturated carbocycles. The average molecular weight is 516 g/mol.